The molecule has 36 heavy (non-hydrogen) atoms. The number of esters is 1. The zero-order valence-electron chi connectivity index (χ0n) is 19.6. The molecule has 0 bridgehead atoms. The number of nitrogens with one attached hydrogen (secondary N) is 1. The van der Waals surface area contributed by atoms with Crippen LogP contribution in [-0.4, -0.2) is 37.7 Å². The number of rotatable bonds is 9. The van der Waals surface area contributed by atoms with Crippen LogP contribution in [0.5, 0.6) is 17.2 Å². The van der Waals surface area contributed by atoms with Crippen molar-refractivity contribution in [3.05, 3.63) is 89.9 Å². The van der Waals surface area contributed by atoms with Crippen LogP contribution in [0.4, 0.5) is 10.1 Å². The zero-order valence-corrected chi connectivity index (χ0v) is 19.6. The number of carbonyl (C=O) groups excluding carboxylic acids is 2. The Hall–Kier alpha value is -4.66. The first kappa shape index (κ1) is 24.5. The highest BCUT2D eigenvalue weighted by atomic mass is 19.1. The Morgan fingerprint density at radius 3 is 2.53 bits per heavy atom. The summed E-state index contributed by atoms with van der Waals surface area (Å²) in [6, 6.07) is 17.6. The molecule has 0 saturated heterocycles. The third-order valence-corrected chi connectivity index (χ3v) is 5.30. The van der Waals surface area contributed by atoms with Gasteiger partial charge in [0.05, 0.1) is 31.0 Å². The summed E-state index contributed by atoms with van der Waals surface area (Å²) in [6.07, 6.45) is 1.55. The minimum atomic E-state index is -0.609. The van der Waals surface area contributed by atoms with Gasteiger partial charge in [-0.1, -0.05) is 18.2 Å². The molecule has 184 valence electrons. The van der Waals surface area contributed by atoms with Crippen LogP contribution >= 0.6 is 0 Å². The van der Waals surface area contributed by atoms with Gasteiger partial charge in [0.25, 0.3) is 5.91 Å². The number of hydrogen-bond acceptors (Lipinski definition) is 7. The molecule has 0 aliphatic carbocycles. The maximum Gasteiger partial charge on any atom is 0.338 e. The molecule has 1 N–H and O–H groups in total. The van der Waals surface area contributed by atoms with Gasteiger partial charge in [0, 0.05) is 17.1 Å². The molecular formula is C27H23FN2O6. The van der Waals surface area contributed by atoms with Gasteiger partial charge >= 0.3 is 5.97 Å². The summed E-state index contributed by atoms with van der Waals surface area (Å²) in [5.74, 6) is -0.352. The Balaban J connectivity index is 1.39. The molecule has 4 rings (SSSR count). The SMILES string of the molecule is COc1ccccc1NC(=O)COc1ccc(C(=O)OCc2ccc(F)c3cccnc23)cc1OC. The van der Waals surface area contributed by atoms with Gasteiger partial charge in [0.2, 0.25) is 0 Å². The lowest BCUT2D eigenvalue weighted by atomic mass is 10.1. The normalized spacial score (nSPS) is 10.5. The molecule has 1 aromatic heterocycles. The number of fused-ring (bicyclic) bond motifs is 1. The largest absolute Gasteiger partial charge is 0.495 e. The van der Waals surface area contributed by atoms with Gasteiger partial charge in [-0.25, -0.2) is 9.18 Å². The Labute approximate surface area is 206 Å². The van der Waals surface area contributed by atoms with Crippen molar-refractivity contribution in [1.82, 2.24) is 4.98 Å². The zero-order chi connectivity index (χ0) is 25.5. The maximum absolute atomic E-state index is 14.0. The molecule has 9 heteroatoms. The lowest BCUT2D eigenvalue weighted by molar-refractivity contribution is -0.118. The fourth-order valence-corrected chi connectivity index (χ4v) is 3.53. The molecule has 8 nitrogen and oxygen atoms in total. The summed E-state index contributed by atoms with van der Waals surface area (Å²) in [5.41, 5.74) is 1.74. The van der Waals surface area contributed by atoms with Crippen molar-refractivity contribution in [2.45, 2.75) is 6.61 Å². The number of amides is 1. The van der Waals surface area contributed by atoms with Gasteiger partial charge in [-0.2, -0.15) is 0 Å². The average molecular weight is 490 g/mol. The molecule has 1 amide bonds. The van der Waals surface area contributed by atoms with E-state index in [2.05, 4.69) is 10.3 Å². The minimum Gasteiger partial charge on any atom is -0.495 e. The van der Waals surface area contributed by atoms with E-state index in [1.807, 2.05) is 0 Å². The predicted octanol–water partition coefficient (Wildman–Crippen LogP) is 4.77. The number of ether oxygens (including phenoxy) is 4. The number of hydrogen-bond donors (Lipinski definition) is 1. The van der Waals surface area contributed by atoms with E-state index in [1.54, 1.807) is 42.6 Å². The van der Waals surface area contributed by atoms with Gasteiger partial charge in [-0.05, 0) is 48.5 Å². The van der Waals surface area contributed by atoms with Gasteiger partial charge < -0.3 is 24.3 Å². The van der Waals surface area contributed by atoms with E-state index < -0.39 is 17.7 Å². The lowest BCUT2D eigenvalue weighted by Gasteiger charge is -2.13. The number of nitrogens with zero attached hydrogens (tertiary/aromatic N) is 1. The van der Waals surface area contributed by atoms with Crippen molar-refractivity contribution in [2.75, 3.05) is 26.1 Å². The number of anilines is 1. The molecule has 0 aliphatic rings. The molecule has 0 fully saturated rings. The molecule has 3 aromatic carbocycles. The molecule has 4 aromatic rings. The van der Waals surface area contributed by atoms with Gasteiger partial charge in [0.1, 0.15) is 18.2 Å². The average Bonchev–Trinajstić information content (AvgIpc) is 2.91. The summed E-state index contributed by atoms with van der Waals surface area (Å²) in [7, 11) is 2.93. The molecule has 0 aliphatic heterocycles. The minimum absolute atomic E-state index is 0.0870. The second kappa shape index (κ2) is 11.2. The fraction of sp³-hybridized carbons (Fsp3) is 0.148. The first-order valence-corrected chi connectivity index (χ1v) is 10.9. The number of carbonyl (C=O) groups is 2. The van der Waals surface area contributed by atoms with Crippen molar-refractivity contribution in [3.8, 4) is 17.2 Å². The lowest BCUT2D eigenvalue weighted by Crippen LogP contribution is -2.20. The van der Waals surface area contributed by atoms with Crippen LogP contribution in [0.15, 0.2) is 72.9 Å². The Morgan fingerprint density at radius 1 is 0.917 bits per heavy atom. The highest BCUT2D eigenvalue weighted by Crippen LogP contribution is 2.29. The number of halogens is 1. The van der Waals surface area contributed by atoms with E-state index in [4.69, 9.17) is 18.9 Å². The summed E-state index contributed by atoms with van der Waals surface area (Å²) in [5, 5.41) is 3.07. The van der Waals surface area contributed by atoms with Crippen LogP contribution in [0.25, 0.3) is 10.9 Å². The molecular weight excluding hydrogens is 467 g/mol. The molecule has 0 atom stereocenters. The van der Waals surface area contributed by atoms with Crippen LogP contribution < -0.4 is 19.5 Å². The smallest absolute Gasteiger partial charge is 0.338 e. The second-order valence-corrected chi connectivity index (χ2v) is 7.58. The summed E-state index contributed by atoms with van der Waals surface area (Å²) in [4.78, 5) is 29.2. The molecule has 1 heterocycles. The first-order valence-electron chi connectivity index (χ1n) is 10.9. The van der Waals surface area contributed by atoms with E-state index in [9.17, 15) is 14.0 Å². The first-order chi connectivity index (χ1) is 17.5. The second-order valence-electron chi connectivity index (χ2n) is 7.58. The number of pyridine rings is 1. The standard InChI is InChI=1S/C27H23FN2O6/c1-33-22-8-4-3-7-21(22)30-25(31)16-35-23-12-10-17(14-24(23)34-2)27(32)36-15-18-9-11-20(28)19-6-5-13-29-26(18)19/h3-14H,15-16H2,1-2H3,(H,30,31). The topological polar surface area (TPSA) is 96.0 Å². The monoisotopic (exact) mass is 490 g/mol. The third-order valence-electron chi connectivity index (χ3n) is 5.30. The fourth-order valence-electron chi connectivity index (χ4n) is 3.53. The quantitative estimate of drug-likeness (QED) is 0.338. The third kappa shape index (κ3) is 5.52. The van der Waals surface area contributed by atoms with Crippen LogP contribution in [0, 0.1) is 5.82 Å². The maximum atomic E-state index is 14.0. The number of aromatic nitrogens is 1. The predicted molar refractivity (Wildman–Crippen MR) is 131 cm³/mol. The van der Waals surface area contributed by atoms with Crippen molar-refractivity contribution in [3.63, 3.8) is 0 Å². The summed E-state index contributed by atoms with van der Waals surface area (Å²) in [6.45, 7) is -0.376. The highest BCUT2D eigenvalue weighted by molar-refractivity contribution is 5.93. The molecule has 0 spiro atoms. The highest BCUT2D eigenvalue weighted by Gasteiger charge is 2.16. The molecule has 0 saturated carbocycles. The van der Waals surface area contributed by atoms with E-state index in [1.165, 1.54) is 44.6 Å². The number of methoxy groups -OCH3 is 2. The summed E-state index contributed by atoms with van der Waals surface area (Å²) < 4.78 is 35.5. The summed E-state index contributed by atoms with van der Waals surface area (Å²) >= 11 is 0. The Bertz CT molecular complexity index is 1410. The van der Waals surface area contributed by atoms with Crippen molar-refractivity contribution in [2.24, 2.45) is 0 Å². The Kier molecular flexibility index (Phi) is 7.60. The Morgan fingerprint density at radius 2 is 1.72 bits per heavy atom. The van der Waals surface area contributed by atoms with Crippen molar-refractivity contribution >= 4 is 28.5 Å². The molecule has 0 unspecified atom stereocenters. The van der Waals surface area contributed by atoms with Crippen LogP contribution in [0.1, 0.15) is 15.9 Å². The van der Waals surface area contributed by atoms with Gasteiger partial charge in [0.15, 0.2) is 18.1 Å². The van der Waals surface area contributed by atoms with Gasteiger partial charge in [-0.15, -0.1) is 0 Å². The van der Waals surface area contributed by atoms with Crippen LogP contribution in [-0.2, 0) is 16.1 Å². The van der Waals surface area contributed by atoms with Gasteiger partial charge in [-0.3, -0.25) is 9.78 Å². The van der Waals surface area contributed by atoms with E-state index in [0.29, 0.717) is 27.9 Å². The van der Waals surface area contributed by atoms with Crippen LogP contribution in [0.3, 0.4) is 0 Å². The number of benzene rings is 3. The van der Waals surface area contributed by atoms with Crippen molar-refractivity contribution in [1.29, 1.82) is 0 Å². The number of para-hydroxylation sites is 2. The van der Waals surface area contributed by atoms with E-state index in [0.717, 1.165) is 0 Å². The van der Waals surface area contributed by atoms with E-state index >= 15 is 0 Å². The van der Waals surface area contributed by atoms with Crippen molar-refractivity contribution < 1.29 is 32.9 Å². The van der Waals surface area contributed by atoms with Crippen LogP contribution in [0.2, 0.25) is 0 Å². The molecule has 0 radical (unpaired) electrons. The van der Waals surface area contributed by atoms with E-state index in [-0.39, 0.29) is 30.3 Å².